The number of rotatable bonds is 7. The van der Waals surface area contributed by atoms with Gasteiger partial charge in [-0.1, -0.05) is 18.2 Å². The van der Waals surface area contributed by atoms with Crippen LogP contribution >= 0.6 is 0 Å². The number of aromatic amines is 1. The summed E-state index contributed by atoms with van der Waals surface area (Å²) in [6.45, 7) is 0.679. The van der Waals surface area contributed by atoms with Crippen LogP contribution in [0.25, 0.3) is 10.9 Å². The maximum absolute atomic E-state index is 11.5. The highest BCUT2D eigenvalue weighted by Gasteiger charge is 2.04. The number of H-pyrrole nitrogens is 1. The highest BCUT2D eigenvalue weighted by molar-refractivity contribution is 5.83. The van der Waals surface area contributed by atoms with Gasteiger partial charge in [-0.15, -0.1) is 0 Å². The fourth-order valence-electron chi connectivity index (χ4n) is 2.17. The molecule has 1 heterocycles. The van der Waals surface area contributed by atoms with Crippen molar-refractivity contribution in [1.29, 1.82) is 0 Å². The molecule has 2 rings (SSSR count). The van der Waals surface area contributed by atoms with Crippen LogP contribution in [0.3, 0.4) is 0 Å². The lowest BCUT2D eigenvalue weighted by atomic mass is 10.1. The number of carbonyl (C=O) groups excluding carboxylic acids is 1. The van der Waals surface area contributed by atoms with Crippen LogP contribution in [0.4, 0.5) is 0 Å². The smallest absolute Gasteiger partial charge is 0.220 e. The molecule has 0 spiro atoms. The van der Waals surface area contributed by atoms with Gasteiger partial charge in [0.05, 0.1) is 0 Å². The van der Waals surface area contributed by atoms with Crippen LogP contribution in [0.15, 0.2) is 30.5 Å². The van der Waals surface area contributed by atoms with Crippen LogP contribution in [-0.4, -0.2) is 29.1 Å². The van der Waals surface area contributed by atoms with E-state index in [1.54, 1.807) is 0 Å². The summed E-state index contributed by atoms with van der Waals surface area (Å²) in [5.74, 6) is 0.0632. The molecular formula is C15H20N2O2. The molecule has 0 fully saturated rings. The van der Waals surface area contributed by atoms with Crippen molar-refractivity contribution < 1.29 is 9.90 Å². The van der Waals surface area contributed by atoms with E-state index in [0.717, 1.165) is 18.4 Å². The normalized spacial score (nSPS) is 10.8. The molecule has 4 heteroatoms. The molecule has 0 aliphatic rings. The molecule has 0 aliphatic heterocycles. The predicted octanol–water partition coefficient (Wildman–Crippen LogP) is 1.99. The number of aliphatic hydroxyl groups is 1. The summed E-state index contributed by atoms with van der Waals surface area (Å²) < 4.78 is 0. The van der Waals surface area contributed by atoms with E-state index in [9.17, 15) is 4.79 Å². The molecule has 102 valence electrons. The first kappa shape index (κ1) is 13.6. The SMILES string of the molecule is O=C(CCCc1c[nH]c2ccccc12)NCCCO. The first-order valence-electron chi connectivity index (χ1n) is 6.74. The number of nitrogens with one attached hydrogen (secondary N) is 2. The highest BCUT2D eigenvalue weighted by atomic mass is 16.3. The second-order valence-corrected chi connectivity index (χ2v) is 4.64. The Morgan fingerprint density at radius 2 is 2.11 bits per heavy atom. The lowest BCUT2D eigenvalue weighted by Gasteiger charge is -2.03. The summed E-state index contributed by atoms with van der Waals surface area (Å²) in [6.07, 6.45) is 4.91. The van der Waals surface area contributed by atoms with E-state index in [-0.39, 0.29) is 12.5 Å². The number of amides is 1. The van der Waals surface area contributed by atoms with Gasteiger partial charge >= 0.3 is 0 Å². The molecule has 1 aromatic carbocycles. The summed E-state index contributed by atoms with van der Waals surface area (Å²) in [5.41, 5.74) is 2.41. The minimum absolute atomic E-state index is 0.0632. The van der Waals surface area contributed by atoms with Gasteiger partial charge in [0.2, 0.25) is 5.91 Å². The van der Waals surface area contributed by atoms with Crippen molar-refractivity contribution in [3.8, 4) is 0 Å². The Hall–Kier alpha value is -1.81. The number of benzene rings is 1. The molecular weight excluding hydrogens is 240 g/mol. The average molecular weight is 260 g/mol. The minimum atomic E-state index is 0.0632. The molecule has 0 saturated carbocycles. The van der Waals surface area contributed by atoms with E-state index in [1.807, 2.05) is 18.3 Å². The van der Waals surface area contributed by atoms with E-state index in [2.05, 4.69) is 22.4 Å². The average Bonchev–Trinajstić information content (AvgIpc) is 2.83. The standard InChI is InChI=1S/C15H20N2O2/c18-10-4-9-16-15(19)8-3-5-12-11-17-14-7-2-1-6-13(12)14/h1-2,6-7,11,17-18H,3-5,8-10H2,(H,16,19). The molecule has 1 amide bonds. The predicted molar refractivity (Wildman–Crippen MR) is 75.9 cm³/mol. The van der Waals surface area contributed by atoms with Crippen molar-refractivity contribution in [3.63, 3.8) is 0 Å². The maximum atomic E-state index is 11.5. The third-order valence-electron chi connectivity index (χ3n) is 3.18. The number of hydrogen-bond donors (Lipinski definition) is 3. The Morgan fingerprint density at radius 3 is 2.95 bits per heavy atom. The first-order chi connectivity index (χ1) is 9.31. The summed E-state index contributed by atoms with van der Waals surface area (Å²) in [6, 6.07) is 8.20. The molecule has 0 bridgehead atoms. The fourth-order valence-corrected chi connectivity index (χ4v) is 2.17. The van der Waals surface area contributed by atoms with Crippen molar-refractivity contribution in [2.75, 3.05) is 13.2 Å². The molecule has 4 nitrogen and oxygen atoms in total. The van der Waals surface area contributed by atoms with E-state index in [4.69, 9.17) is 5.11 Å². The van der Waals surface area contributed by atoms with Crippen LogP contribution in [0.1, 0.15) is 24.8 Å². The Bertz CT molecular complexity index is 534. The summed E-state index contributed by atoms with van der Waals surface area (Å²) in [7, 11) is 0. The molecule has 0 saturated heterocycles. The van der Waals surface area contributed by atoms with E-state index >= 15 is 0 Å². The van der Waals surface area contributed by atoms with Gasteiger partial charge in [0, 0.05) is 36.7 Å². The molecule has 1 aromatic heterocycles. The van der Waals surface area contributed by atoms with Gasteiger partial charge in [-0.25, -0.2) is 0 Å². The molecule has 0 radical (unpaired) electrons. The number of aryl methyl sites for hydroxylation is 1. The lowest BCUT2D eigenvalue weighted by molar-refractivity contribution is -0.121. The number of carbonyl (C=O) groups is 1. The van der Waals surface area contributed by atoms with Crippen molar-refractivity contribution >= 4 is 16.8 Å². The van der Waals surface area contributed by atoms with Crippen LogP contribution in [0.2, 0.25) is 0 Å². The van der Waals surface area contributed by atoms with E-state index < -0.39 is 0 Å². The zero-order valence-electron chi connectivity index (χ0n) is 11.0. The second kappa shape index (κ2) is 6.95. The molecule has 19 heavy (non-hydrogen) atoms. The number of aromatic nitrogens is 1. The maximum Gasteiger partial charge on any atom is 0.220 e. The third kappa shape index (κ3) is 3.83. The third-order valence-corrected chi connectivity index (χ3v) is 3.18. The quantitative estimate of drug-likeness (QED) is 0.667. The van der Waals surface area contributed by atoms with Gasteiger partial charge < -0.3 is 15.4 Å². The lowest BCUT2D eigenvalue weighted by Crippen LogP contribution is -2.24. The fraction of sp³-hybridized carbons (Fsp3) is 0.400. The second-order valence-electron chi connectivity index (χ2n) is 4.64. The highest BCUT2D eigenvalue weighted by Crippen LogP contribution is 2.19. The molecule has 0 unspecified atom stereocenters. The van der Waals surface area contributed by atoms with Gasteiger partial charge in [0.1, 0.15) is 0 Å². The molecule has 0 aliphatic carbocycles. The molecule has 2 aromatic rings. The van der Waals surface area contributed by atoms with Crippen LogP contribution < -0.4 is 5.32 Å². The van der Waals surface area contributed by atoms with Crippen LogP contribution in [0, 0.1) is 0 Å². The van der Waals surface area contributed by atoms with Gasteiger partial charge in [-0.05, 0) is 30.9 Å². The van der Waals surface area contributed by atoms with Crippen molar-refractivity contribution in [1.82, 2.24) is 10.3 Å². The number of para-hydroxylation sites is 1. The Balaban J connectivity index is 1.78. The Kier molecular flexibility index (Phi) is 4.98. The van der Waals surface area contributed by atoms with Gasteiger partial charge in [0.15, 0.2) is 0 Å². The monoisotopic (exact) mass is 260 g/mol. The van der Waals surface area contributed by atoms with Gasteiger partial charge in [-0.2, -0.15) is 0 Å². The van der Waals surface area contributed by atoms with Gasteiger partial charge in [-0.3, -0.25) is 4.79 Å². The zero-order chi connectivity index (χ0) is 13.5. The first-order valence-corrected chi connectivity index (χ1v) is 6.74. The minimum Gasteiger partial charge on any atom is -0.396 e. The van der Waals surface area contributed by atoms with Crippen molar-refractivity contribution in [2.24, 2.45) is 0 Å². The van der Waals surface area contributed by atoms with Crippen LogP contribution in [-0.2, 0) is 11.2 Å². The summed E-state index contributed by atoms with van der Waals surface area (Å²) >= 11 is 0. The number of aliphatic hydroxyl groups excluding tert-OH is 1. The Labute approximate surface area is 112 Å². The Morgan fingerprint density at radius 1 is 1.26 bits per heavy atom. The van der Waals surface area contributed by atoms with Gasteiger partial charge in [0.25, 0.3) is 0 Å². The van der Waals surface area contributed by atoms with E-state index in [0.29, 0.717) is 19.4 Å². The number of hydrogen-bond acceptors (Lipinski definition) is 2. The molecule has 3 N–H and O–H groups in total. The summed E-state index contributed by atoms with van der Waals surface area (Å²) in [4.78, 5) is 14.7. The van der Waals surface area contributed by atoms with Crippen molar-refractivity contribution in [2.45, 2.75) is 25.7 Å². The summed E-state index contributed by atoms with van der Waals surface area (Å²) in [5, 5.41) is 12.7. The zero-order valence-corrected chi connectivity index (χ0v) is 11.0. The largest absolute Gasteiger partial charge is 0.396 e. The van der Waals surface area contributed by atoms with E-state index in [1.165, 1.54) is 10.9 Å². The molecule has 0 atom stereocenters. The van der Waals surface area contributed by atoms with Crippen LogP contribution in [0.5, 0.6) is 0 Å². The van der Waals surface area contributed by atoms with Crippen molar-refractivity contribution in [3.05, 3.63) is 36.0 Å². The number of fused-ring (bicyclic) bond motifs is 1. The topological polar surface area (TPSA) is 65.1 Å².